The Bertz CT molecular complexity index is 1270. The van der Waals surface area contributed by atoms with E-state index in [9.17, 15) is 14.0 Å². The molecule has 1 aliphatic heterocycles. The van der Waals surface area contributed by atoms with E-state index in [1.54, 1.807) is 31.2 Å². The molecule has 1 aromatic carbocycles. The fraction of sp³-hybridized carbons (Fsp3) is 0.320. The van der Waals surface area contributed by atoms with Crippen LogP contribution in [0.15, 0.2) is 49.2 Å². The Labute approximate surface area is 212 Å². The summed E-state index contributed by atoms with van der Waals surface area (Å²) in [4.78, 5) is 39.8. The van der Waals surface area contributed by atoms with Crippen molar-refractivity contribution in [1.82, 2.24) is 25.3 Å². The van der Waals surface area contributed by atoms with E-state index in [2.05, 4.69) is 37.1 Å². The molecule has 1 fully saturated rings. The number of aliphatic carboxylic acids is 1. The van der Waals surface area contributed by atoms with E-state index < -0.39 is 17.7 Å². The van der Waals surface area contributed by atoms with Crippen LogP contribution in [0, 0.1) is 11.2 Å². The third-order valence-electron chi connectivity index (χ3n) is 5.66. The molecule has 4 N–H and O–H groups in total. The van der Waals surface area contributed by atoms with Gasteiger partial charge in [-0.05, 0) is 37.3 Å². The zero-order chi connectivity index (χ0) is 26.4. The van der Waals surface area contributed by atoms with Crippen LogP contribution < -0.4 is 10.6 Å². The summed E-state index contributed by atoms with van der Waals surface area (Å²) >= 11 is 0. The Morgan fingerprint density at radius 2 is 1.97 bits per heavy atom. The maximum Gasteiger partial charge on any atom is 0.305 e. The summed E-state index contributed by atoms with van der Waals surface area (Å²) < 4.78 is 25.3. The van der Waals surface area contributed by atoms with Crippen LogP contribution >= 0.6 is 0 Å². The first-order valence-electron chi connectivity index (χ1n) is 11.6. The molecule has 1 amide bonds. The van der Waals surface area contributed by atoms with E-state index in [0.29, 0.717) is 35.0 Å². The minimum absolute atomic E-state index is 0.0937. The normalized spacial score (nSPS) is 19.2. The van der Waals surface area contributed by atoms with Crippen molar-refractivity contribution >= 4 is 17.8 Å². The van der Waals surface area contributed by atoms with Crippen LogP contribution in [-0.4, -0.2) is 63.2 Å². The van der Waals surface area contributed by atoms with Crippen molar-refractivity contribution in [2.75, 3.05) is 31.6 Å². The lowest BCUT2D eigenvalue weighted by Crippen LogP contribution is -2.48. The Kier molecular flexibility index (Phi) is 7.89. The molecule has 0 bridgehead atoms. The number of carbonyl (C=O) groups is 2. The van der Waals surface area contributed by atoms with Crippen LogP contribution in [-0.2, 0) is 19.1 Å². The van der Waals surface area contributed by atoms with Gasteiger partial charge in [-0.25, -0.2) is 19.3 Å². The molecule has 0 unspecified atom stereocenters. The predicted molar refractivity (Wildman–Crippen MR) is 132 cm³/mol. The molecule has 0 radical (unpaired) electrons. The molecule has 1 aliphatic rings. The quantitative estimate of drug-likeness (QED) is 0.302. The number of halogens is 1. The largest absolute Gasteiger partial charge is 0.481 e. The van der Waals surface area contributed by atoms with E-state index >= 15 is 0 Å². The highest BCUT2D eigenvalue weighted by Gasteiger charge is 2.40. The summed E-state index contributed by atoms with van der Waals surface area (Å²) in [6.07, 6.45) is 2.16. The molecule has 0 saturated carbocycles. The zero-order valence-electron chi connectivity index (χ0n) is 20.2. The van der Waals surface area contributed by atoms with Crippen LogP contribution in [0.3, 0.4) is 0 Å². The number of carboxylic acid groups (broad SMARTS) is 1. The number of nitrogens with one attached hydrogen (secondary N) is 3. The van der Waals surface area contributed by atoms with Gasteiger partial charge in [-0.1, -0.05) is 6.08 Å². The number of hydrogen-bond donors (Lipinski definition) is 4. The average molecular weight is 511 g/mol. The number of carbonyl (C=O) groups excluding carboxylic acids is 1. The minimum Gasteiger partial charge on any atom is -0.481 e. The van der Waals surface area contributed by atoms with Gasteiger partial charge in [-0.3, -0.25) is 9.59 Å². The number of carboxylic acids is 1. The Hall–Kier alpha value is -4.16. The molecule has 3 aromatic rings. The topological polar surface area (TPSA) is 151 Å². The highest BCUT2D eigenvalue weighted by molar-refractivity contribution is 5.82. The monoisotopic (exact) mass is 510 g/mol. The van der Waals surface area contributed by atoms with E-state index in [-0.39, 0.29) is 43.9 Å². The van der Waals surface area contributed by atoms with Crippen molar-refractivity contribution in [3.8, 4) is 22.6 Å². The summed E-state index contributed by atoms with van der Waals surface area (Å²) in [5, 5.41) is 14.5. The second kappa shape index (κ2) is 11.3. The van der Waals surface area contributed by atoms with Crippen LogP contribution in [0.25, 0.3) is 22.6 Å². The maximum absolute atomic E-state index is 13.6. The molecule has 4 rings (SSSR count). The van der Waals surface area contributed by atoms with E-state index in [0.717, 1.165) is 0 Å². The zero-order valence-corrected chi connectivity index (χ0v) is 20.2. The lowest BCUT2D eigenvalue weighted by Gasteiger charge is -2.35. The molecule has 1 saturated heterocycles. The lowest BCUT2D eigenvalue weighted by atomic mass is 9.91. The summed E-state index contributed by atoms with van der Waals surface area (Å²) in [6, 6.07) is 7.50. The van der Waals surface area contributed by atoms with Crippen LogP contribution in [0.1, 0.15) is 25.5 Å². The van der Waals surface area contributed by atoms with E-state index in [1.807, 2.05) is 0 Å². The molecule has 11 nitrogen and oxygen atoms in total. The van der Waals surface area contributed by atoms with E-state index in [4.69, 9.17) is 14.6 Å². The minimum atomic E-state index is -0.942. The second-order valence-corrected chi connectivity index (χ2v) is 8.70. The van der Waals surface area contributed by atoms with Gasteiger partial charge in [-0.2, -0.15) is 0 Å². The van der Waals surface area contributed by atoms with E-state index in [1.165, 1.54) is 18.3 Å². The van der Waals surface area contributed by atoms with Crippen LogP contribution in [0.2, 0.25) is 0 Å². The molecular formula is C25H27FN6O5. The van der Waals surface area contributed by atoms with Gasteiger partial charge in [0.2, 0.25) is 18.1 Å². The number of aromatic nitrogens is 4. The van der Waals surface area contributed by atoms with Gasteiger partial charge in [-0.15, -0.1) is 6.58 Å². The van der Waals surface area contributed by atoms with Gasteiger partial charge in [0.05, 0.1) is 42.1 Å². The number of hydrogen-bond acceptors (Lipinski definition) is 8. The Morgan fingerprint density at radius 1 is 1.24 bits per heavy atom. The smallest absolute Gasteiger partial charge is 0.305 e. The molecule has 37 heavy (non-hydrogen) atoms. The number of H-pyrrole nitrogens is 1. The van der Waals surface area contributed by atoms with Gasteiger partial charge < -0.3 is 30.2 Å². The molecule has 0 aliphatic carbocycles. The molecule has 0 atom stereocenters. The Morgan fingerprint density at radius 3 is 2.65 bits per heavy atom. The second-order valence-electron chi connectivity index (χ2n) is 8.70. The number of imidazole rings is 1. The lowest BCUT2D eigenvalue weighted by molar-refractivity contribution is -0.230. The SMILES string of the molecule is C=CCNC(=O)C1(C)COC(c2nc(-c3ccc(F)cc3)c(-c3ccnc(NCCC(=O)O)n3)[nH]2)OC1. The van der Waals surface area contributed by atoms with Gasteiger partial charge >= 0.3 is 5.97 Å². The Balaban J connectivity index is 1.61. The fourth-order valence-electron chi connectivity index (χ4n) is 3.65. The van der Waals surface area contributed by atoms with Gasteiger partial charge in [0.25, 0.3) is 0 Å². The summed E-state index contributed by atoms with van der Waals surface area (Å²) in [6.45, 7) is 6.05. The molecule has 3 heterocycles. The molecular weight excluding hydrogens is 483 g/mol. The maximum atomic E-state index is 13.6. The number of ether oxygens (including phenoxy) is 2. The summed E-state index contributed by atoms with van der Waals surface area (Å²) in [5.41, 5.74) is 1.21. The van der Waals surface area contributed by atoms with Gasteiger partial charge in [0, 0.05) is 24.8 Å². The van der Waals surface area contributed by atoms with Gasteiger partial charge in [0.1, 0.15) is 5.82 Å². The average Bonchev–Trinajstić information content (AvgIpc) is 3.33. The molecule has 0 spiro atoms. The molecule has 12 heteroatoms. The highest BCUT2D eigenvalue weighted by atomic mass is 19.1. The number of anilines is 1. The predicted octanol–water partition coefficient (Wildman–Crippen LogP) is 2.91. The first-order chi connectivity index (χ1) is 17.8. The number of benzene rings is 1. The number of amides is 1. The standard InChI is InChI=1S/C25H27FN6O5/c1-3-10-27-23(35)25(2)13-36-22(37-14-25)21-31-19(15-4-6-16(26)7-5-15)20(32-21)17-8-11-28-24(30-17)29-12-9-18(33)34/h3-8,11,22H,1,9-10,12-14H2,2H3,(H,27,35)(H,31,32)(H,33,34)(H,28,29,30). The number of nitrogens with zero attached hydrogens (tertiary/aromatic N) is 3. The van der Waals surface area contributed by atoms with Crippen molar-refractivity contribution in [3.63, 3.8) is 0 Å². The number of rotatable bonds is 10. The third-order valence-corrected chi connectivity index (χ3v) is 5.66. The van der Waals surface area contributed by atoms with Crippen molar-refractivity contribution in [2.45, 2.75) is 19.6 Å². The first kappa shape index (κ1) is 25.9. The molecule has 2 aromatic heterocycles. The van der Waals surface area contributed by atoms with Crippen molar-refractivity contribution in [3.05, 3.63) is 60.8 Å². The van der Waals surface area contributed by atoms with Crippen LogP contribution in [0.5, 0.6) is 0 Å². The summed E-state index contributed by atoms with van der Waals surface area (Å²) in [5.74, 6) is -0.946. The fourth-order valence-corrected chi connectivity index (χ4v) is 3.65. The first-order valence-corrected chi connectivity index (χ1v) is 11.6. The summed E-state index contributed by atoms with van der Waals surface area (Å²) in [7, 11) is 0. The molecule has 194 valence electrons. The highest BCUT2D eigenvalue weighted by Crippen LogP contribution is 2.35. The van der Waals surface area contributed by atoms with Crippen molar-refractivity contribution in [2.24, 2.45) is 5.41 Å². The third kappa shape index (κ3) is 6.16. The van der Waals surface area contributed by atoms with Gasteiger partial charge in [0.15, 0.2) is 5.82 Å². The van der Waals surface area contributed by atoms with Crippen molar-refractivity contribution in [1.29, 1.82) is 0 Å². The van der Waals surface area contributed by atoms with Crippen LogP contribution in [0.4, 0.5) is 10.3 Å². The van der Waals surface area contributed by atoms with Crippen molar-refractivity contribution < 1.29 is 28.6 Å². The number of aromatic amines is 1.